The molecular formula is C15H18N4O3S2. The number of anilines is 2. The number of carbonyl (C=O) groups excluding carboxylic acids is 1. The first-order valence-electron chi connectivity index (χ1n) is 7.47. The lowest BCUT2D eigenvalue weighted by Crippen LogP contribution is -2.26. The number of sulfonamides is 1. The Balaban J connectivity index is 1.85. The van der Waals surface area contributed by atoms with E-state index in [1.165, 1.54) is 15.6 Å². The average molecular weight is 366 g/mol. The van der Waals surface area contributed by atoms with Crippen LogP contribution in [0, 0.1) is 6.92 Å². The zero-order chi connectivity index (χ0) is 17.3. The van der Waals surface area contributed by atoms with Gasteiger partial charge in [0.15, 0.2) is 0 Å². The van der Waals surface area contributed by atoms with Crippen LogP contribution in [-0.2, 0) is 16.6 Å². The summed E-state index contributed by atoms with van der Waals surface area (Å²) in [6.07, 6.45) is 0.610. The summed E-state index contributed by atoms with van der Waals surface area (Å²) in [7, 11) is -3.26. The van der Waals surface area contributed by atoms with Crippen LogP contribution in [0.1, 0.15) is 27.5 Å². The summed E-state index contributed by atoms with van der Waals surface area (Å²) in [5.74, 6) is -0.186. The largest absolute Gasteiger partial charge is 0.325 e. The van der Waals surface area contributed by atoms with Gasteiger partial charge in [0.1, 0.15) is 10.7 Å². The minimum atomic E-state index is -3.26. The number of nitrogens with one attached hydrogen (secondary N) is 1. The molecule has 0 unspecified atom stereocenters. The second-order valence-electron chi connectivity index (χ2n) is 5.53. The van der Waals surface area contributed by atoms with Gasteiger partial charge in [-0.15, -0.1) is 11.3 Å². The monoisotopic (exact) mass is 366 g/mol. The molecule has 2 heterocycles. The molecule has 0 bridgehead atoms. The Hall–Kier alpha value is -1.97. The van der Waals surface area contributed by atoms with Crippen LogP contribution in [0.4, 0.5) is 11.4 Å². The van der Waals surface area contributed by atoms with E-state index in [0.29, 0.717) is 41.6 Å². The molecule has 3 rings (SSSR count). The highest BCUT2D eigenvalue weighted by Crippen LogP contribution is 2.30. The van der Waals surface area contributed by atoms with E-state index in [4.69, 9.17) is 5.73 Å². The van der Waals surface area contributed by atoms with Gasteiger partial charge < -0.3 is 11.1 Å². The van der Waals surface area contributed by atoms with Crippen LogP contribution in [0.5, 0.6) is 0 Å². The lowest BCUT2D eigenvalue weighted by molar-refractivity contribution is 0.102. The van der Waals surface area contributed by atoms with E-state index < -0.39 is 10.0 Å². The van der Waals surface area contributed by atoms with Crippen molar-refractivity contribution in [2.45, 2.75) is 19.9 Å². The first-order chi connectivity index (χ1) is 11.4. The van der Waals surface area contributed by atoms with Crippen molar-refractivity contribution in [3.05, 3.63) is 39.8 Å². The van der Waals surface area contributed by atoms with E-state index in [9.17, 15) is 13.2 Å². The van der Waals surface area contributed by atoms with E-state index in [0.717, 1.165) is 5.56 Å². The fraction of sp³-hybridized carbons (Fsp3) is 0.333. The molecule has 1 aromatic carbocycles. The van der Waals surface area contributed by atoms with E-state index >= 15 is 0 Å². The maximum absolute atomic E-state index is 12.2. The smallest absolute Gasteiger partial charge is 0.275 e. The number of rotatable bonds is 4. The van der Waals surface area contributed by atoms with Crippen molar-refractivity contribution < 1.29 is 13.2 Å². The zero-order valence-corrected chi connectivity index (χ0v) is 14.8. The molecule has 2 aromatic rings. The van der Waals surface area contributed by atoms with Crippen molar-refractivity contribution in [1.29, 1.82) is 0 Å². The van der Waals surface area contributed by atoms with Gasteiger partial charge in [-0.05, 0) is 31.0 Å². The maximum Gasteiger partial charge on any atom is 0.275 e. The van der Waals surface area contributed by atoms with Gasteiger partial charge in [-0.2, -0.15) is 0 Å². The number of aromatic nitrogens is 1. The third-order valence-corrected chi connectivity index (χ3v) is 6.52. The van der Waals surface area contributed by atoms with Gasteiger partial charge in [0.25, 0.3) is 5.91 Å². The Labute approximate surface area is 144 Å². The quantitative estimate of drug-likeness (QED) is 0.857. The lowest BCUT2D eigenvalue weighted by atomic mass is 10.1. The van der Waals surface area contributed by atoms with Gasteiger partial charge in [-0.3, -0.25) is 9.10 Å². The molecule has 1 aliphatic heterocycles. The van der Waals surface area contributed by atoms with Crippen molar-refractivity contribution in [3.8, 4) is 0 Å². The van der Waals surface area contributed by atoms with Crippen LogP contribution in [0.15, 0.2) is 23.6 Å². The van der Waals surface area contributed by atoms with Gasteiger partial charge in [0.05, 0.1) is 11.4 Å². The maximum atomic E-state index is 12.2. The molecule has 1 aliphatic rings. The van der Waals surface area contributed by atoms with E-state index in [1.807, 2.05) is 6.92 Å². The number of aryl methyl sites for hydroxylation is 1. The fourth-order valence-electron chi connectivity index (χ4n) is 2.57. The Morgan fingerprint density at radius 1 is 1.46 bits per heavy atom. The predicted molar refractivity (Wildman–Crippen MR) is 94.9 cm³/mol. The minimum absolute atomic E-state index is 0.156. The summed E-state index contributed by atoms with van der Waals surface area (Å²) < 4.78 is 25.7. The van der Waals surface area contributed by atoms with Crippen molar-refractivity contribution in [2.75, 3.05) is 21.9 Å². The third kappa shape index (κ3) is 3.28. The van der Waals surface area contributed by atoms with E-state index in [2.05, 4.69) is 10.3 Å². The standard InChI is InChI=1S/C15H18N4O3S2/c1-10-3-4-11(7-13(10)19-5-2-6-24(19,21)22)17-15(20)12-9-23-14(8-16)18-12/h3-4,7,9H,2,5-6,8,16H2,1H3,(H,17,20). The zero-order valence-electron chi connectivity index (χ0n) is 13.2. The van der Waals surface area contributed by atoms with E-state index in [1.54, 1.807) is 23.6 Å². The molecule has 0 atom stereocenters. The summed E-state index contributed by atoms with van der Waals surface area (Å²) in [5.41, 5.74) is 7.78. The molecule has 9 heteroatoms. The van der Waals surface area contributed by atoms with Crippen LogP contribution >= 0.6 is 11.3 Å². The molecule has 1 fully saturated rings. The number of hydrogen-bond acceptors (Lipinski definition) is 6. The Morgan fingerprint density at radius 3 is 2.88 bits per heavy atom. The predicted octanol–water partition coefficient (Wildman–Crippen LogP) is 1.70. The van der Waals surface area contributed by atoms with Gasteiger partial charge in [-0.1, -0.05) is 6.07 Å². The molecule has 0 aliphatic carbocycles. The highest BCUT2D eigenvalue weighted by atomic mass is 32.2. The molecule has 0 saturated carbocycles. The first kappa shape index (κ1) is 16.9. The number of nitrogens with zero attached hydrogens (tertiary/aromatic N) is 2. The molecular weight excluding hydrogens is 348 g/mol. The Bertz CT molecular complexity index is 877. The number of nitrogens with two attached hydrogens (primary N) is 1. The van der Waals surface area contributed by atoms with Crippen molar-refractivity contribution >= 4 is 38.6 Å². The summed E-state index contributed by atoms with van der Waals surface area (Å²) >= 11 is 1.33. The van der Waals surface area contributed by atoms with Crippen LogP contribution in [0.25, 0.3) is 0 Å². The summed E-state index contributed by atoms with van der Waals surface area (Å²) in [5, 5.41) is 5.10. The third-order valence-electron chi connectivity index (χ3n) is 3.79. The number of carbonyl (C=O) groups is 1. The topological polar surface area (TPSA) is 105 Å². The van der Waals surface area contributed by atoms with Crippen LogP contribution in [0.2, 0.25) is 0 Å². The molecule has 1 saturated heterocycles. The Kier molecular flexibility index (Phi) is 4.57. The van der Waals surface area contributed by atoms with Gasteiger partial charge in [0.2, 0.25) is 10.0 Å². The summed E-state index contributed by atoms with van der Waals surface area (Å²) in [4.78, 5) is 16.4. The molecule has 7 nitrogen and oxygen atoms in total. The van der Waals surface area contributed by atoms with Crippen LogP contribution < -0.4 is 15.4 Å². The van der Waals surface area contributed by atoms with Crippen LogP contribution in [0.3, 0.4) is 0 Å². The number of thiazole rings is 1. The van der Waals surface area contributed by atoms with Crippen molar-refractivity contribution in [3.63, 3.8) is 0 Å². The molecule has 0 radical (unpaired) electrons. The highest BCUT2D eigenvalue weighted by molar-refractivity contribution is 7.93. The molecule has 128 valence electrons. The van der Waals surface area contributed by atoms with Crippen LogP contribution in [-0.4, -0.2) is 31.6 Å². The second-order valence-corrected chi connectivity index (χ2v) is 8.48. The molecule has 1 aromatic heterocycles. The number of amides is 1. The molecule has 24 heavy (non-hydrogen) atoms. The van der Waals surface area contributed by atoms with Gasteiger partial charge in [0, 0.05) is 24.2 Å². The second kappa shape index (κ2) is 6.50. The molecule has 3 N–H and O–H groups in total. The molecule has 1 amide bonds. The highest BCUT2D eigenvalue weighted by Gasteiger charge is 2.29. The fourth-order valence-corrected chi connectivity index (χ4v) is 4.84. The van der Waals surface area contributed by atoms with Crippen molar-refractivity contribution in [2.24, 2.45) is 5.73 Å². The normalized spacial score (nSPS) is 16.3. The summed E-state index contributed by atoms with van der Waals surface area (Å²) in [6, 6.07) is 5.23. The average Bonchev–Trinajstić information content (AvgIpc) is 3.15. The number of benzene rings is 1. The number of hydrogen-bond donors (Lipinski definition) is 2. The van der Waals surface area contributed by atoms with E-state index in [-0.39, 0.29) is 11.7 Å². The SMILES string of the molecule is Cc1ccc(NC(=O)c2csc(CN)n2)cc1N1CCCS1(=O)=O. The minimum Gasteiger partial charge on any atom is -0.325 e. The lowest BCUT2D eigenvalue weighted by Gasteiger charge is -2.20. The Morgan fingerprint density at radius 2 is 2.25 bits per heavy atom. The molecule has 0 spiro atoms. The van der Waals surface area contributed by atoms with Crippen molar-refractivity contribution in [1.82, 2.24) is 4.98 Å². The van der Waals surface area contributed by atoms with Gasteiger partial charge >= 0.3 is 0 Å². The first-order valence-corrected chi connectivity index (χ1v) is 9.96. The van der Waals surface area contributed by atoms with Gasteiger partial charge in [-0.25, -0.2) is 13.4 Å². The summed E-state index contributed by atoms with van der Waals surface area (Å²) in [6.45, 7) is 2.61.